The van der Waals surface area contributed by atoms with Gasteiger partial charge < -0.3 is 0 Å². The van der Waals surface area contributed by atoms with Gasteiger partial charge in [0.2, 0.25) is 0 Å². The average Bonchev–Trinajstić information content (AvgIpc) is 0.918. The molecule has 0 amide bonds. The summed E-state index contributed by atoms with van der Waals surface area (Å²) < 4.78 is 0. The molecule has 0 aliphatic rings. The SMILES string of the molecule is C.C.C.C.C.C.[Cl][Zn][Cl]. The summed E-state index contributed by atoms with van der Waals surface area (Å²) in [5, 5.41) is 0. The first-order chi connectivity index (χ1) is 1.41. The number of hydrogen-bond donors (Lipinski definition) is 0. The van der Waals surface area contributed by atoms with Crippen molar-refractivity contribution in [3.8, 4) is 0 Å². The van der Waals surface area contributed by atoms with E-state index < -0.39 is 15.1 Å². The predicted octanol–water partition coefficient (Wildman–Crippen LogP) is 5.19. The van der Waals surface area contributed by atoms with Gasteiger partial charge in [-0.25, -0.2) is 0 Å². The summed E-state index contributed by atoms with van der Waals surface area (Å²) in [5.74, 6) is 0. The van der Waals surface area contributed by atoms with Gasteiger partial charge in [-0.1, -0.05) is 44.6 Å². The van der Waals surface area contributed by atoms with Gasteiger partial charge >= 0.3 is 34.5 Å². The Morgan fingerprint density at radius 2 is 0.556 bits per heavy atom. The van der Waals surface area contributed by atoms with Crippen molar-refractivity contribution in [3.05, 3.63) is 0 Å². The summed E-state index contributed by atoms with van der Waals surface area (Å²) in [6, 6.07) is 0. The van der Waals surface area contributed by atoms with Crippen molar-refractivity contribution < 1.29 is 15.1 Å². The Morgan fingerprint density at radius 3 is 0.556 bits per heavy atom. The fraction of sp³-hybridized carbons (Fsp3) is 1.00. The quantitative estimate of drug-likeness (QED) is 0.504. The van der Waals surface area contributed by atoms with E-state index in [0.717, 1.165) is 0 Å². The molecule has 0 nitrogen and oxygen atoms in total. The Balaban J connectivity index is -0.00000000133. The van der Waals surface area contributed by atoms with E-state index >= 15 is 0 Å². The zero-order valence-electron chi connectivity index (χ0n) is 1.46. The first-order valence-electron chi connectivity index (χ1n) is 0.535. The van der Waals surface area contributed by atoms with Crippen LogP contribution in [0.1, 0.15) is 44.6 Å². The van der Waals surface area contributed by atoms with Gasteiger partial charge in [-0.3, -0.25) is 0 Å². The van der Waals surface area contributed by atoms with Gasteiger partial charge in [0.15, 0.2) is 0 Å². The first-order valence-corrected chi connectivity index (χ1v) is 8.33. The van der Waals surface area contributed by atoms with E-state index in [1.54, 1.807) is 0 Å². The molecule has 0 unspecified atom stereocenters. The summed E-state index contributed by atoms with van der Waals surface area (Å²) in [6.07, 6.45) is 0. The standard InChI is InChI=1S/6CH4.2ClH.Zn/h6*1H4;2*1H;/q;;;;;;;;+2/p-2. The molecular formula is C6H24Cl2Zn. The van der Waals surface area contributed by atoms with Gasteiger partial charge in [0.1, 0.15) is 0 Å². The maximum atomic E-state index is 4.95. The van der Waals surface area contributed by atoms with Crippen LogP contribution in [0.2, 0.25) is 0 Å². The van der Waals surface area contributed by atoms with Crippen molar-refractivity contribution >= 4 is 19.4 Å². The van der Waals surface area contributed by atoms with E-state index in [1.165, 1.54) is 0 Å². The minimum atomic E-state index is -0.931. The predicted molar refractivity (Wildman–Crippen MR) is 52.1 cm³/mol. The molecular weight excluding hydrogens is 208 g/mol. The van der Waals surface area contributed by atoms with Gasteiger partial charge in [0, 0.05) is 0 Å². The molecule has 0 saturated heterocycles. The second-order valence-corrected chi connectivity index (χ2v) is 4.72. The Kier molecular flexibility index (Phi) is 1190. The van der Waals surface area contributed by atoms with Gasteiger partial charge in [-0.05, 0) is 0 Å². The van der Waals surface area contributed by atoms with E-state index in [9.17, 15) is 0 Å². The molecule has 0 aromatic carbocycles. The number of halogens is 2. The van der Waals surface area contributed by atoms with Crippen molar-refractivity contribution in [1.29, 1.82) is 0 Å². The molecule has 0 heterocycles. The summed E-state index contributed by atoms with van der Waals surface area (Å²) >= 11 is -0.931. The molecule has 0 saturated carbocycles. The zero-order valence-corrected chi connectivity index (χ0v) is 5.94. The van der Waals surface area contributed by atoms with E-state index in [1.807, 2.05) is 0 Å². The molecule has 0 bridgehead atoms. The molecule has 0 radical (unpaired) electrons. The van der Waals surface area contributed by atoms with Crippen molar-refractivity contribution in [2.45, 2.75) is 44.6 Å². The second-order valence-electron chi connectivity index (χ2n) is 0.101. The van der Waals surface area contributed by atoms with Crippen LogP contribution in [0.5, 0.6) is 0 Å². The topological polar surface area (TPSA) is 0 Å². The Hall–Kier alpha value is 1.20. The monoisotopic (exact) mass is 230 g/mol. The molecule has 0 aromatic rings. The van der Waals surface area contributed by atoms with Crippen molar-refractivity contribution in [2.75, 3.05) is 0 Å². The third-order valence-electron chi connectivity index (χ3n) is 0. The van der Waals surface area contributed by atoms with Crippen LogP contribution in [0.3, 0.4) is 0 Å². The van der Waals surface area contributed by atoms with Crippen LogP contribution in [-0.2, 0) is 15.1 Å². The number of hydrogen-bond acceptors (Lipinski definition) is 0. The van der Waals surface area contributed by atoms with E-state index in [0.29, 0.717) is 0 Å². The van der Waals surface area contributed by atoms with Crippen molar-refractivity contribution in [3.63, 3.8) is 0 Å². The molecule has 9 heavy (non-hydrogen) atoms. The summed E-state index contributed by atoms with van der Waals surface area (Å²) in [7, 11) is 9.90. The third kappa shape index (κ3) is 330. The Bertz CT molecular complexity index is 11.0. The Labute approximate surface area is 79.0 Å². The van der Waals surface area contributed by atoms with Gasteiger partial charge in [0.25, 0.3) is 0 Å². The fourth-order valence-electron chi connectivity index (χ4n) is 0. The van der Waals surface area contributed by atoms with E-state index in [-0.39, 0.29) is 44.6 Å². The molecule has 64 valence electrons. The summed E-state index contributed by atoms with van der Waals surface area (Å²) in [4.78, 5) is 0. The normalized spacial score (nSPS) is 1.11. The van der Waals surface area contributed by atoms with Crippen LogP contribution in [0.25, 0.3) is 0 Å². The summed E-state index contributed by atoms with van der Waals surface area (Å²) in [5.41, 5.74) is 0. The van der Waals surface area contributed by atoms with Crippen LogP contribution in [0, 0.1) is 0 Å². The molecule has 0 aliphatic carbocycles. The summed E-state index contributed by atoms with van der Waals surface area (Å²) in [6.45, 7) is 0. The van der Waals surface area contributed by atoms with E-state index in [4.69, 9.17) is 19.4 Å². The molecule has 3 heteroatoms. The molecule has 0 fully saturated rings. The van der Waals surface area contributed by atoms with Crippen LogP contribution in [0.4, 0.5) is 0 Å². The molecule has 0 aliphatic heterocycles. The maximum absolute atomic E-state index is 4.95. The molecule has 0 aromatic heterocycles. The van der Waals surface area contributed by atoms with E-state index in [2.05, 4.69) is 0 Å². The minimum absolute atomic E-state index is 0. The second kappa shape index (κ2) is 128. The van der Waals surface area contributed by atoms with Crippen molar-refractivity contribution in [2.24, 2.45) is 0 Å². The fourth-order valence-corrected chi connectivity index (χ4v) is 0. The molecule has 0 rings (SSSR count). The Morgan fingerprint density at radius 1 is 0.556 bits per heavy atom. The van der Waals surface area contributed by atoms with Gasteiger partial charge in [-0.15, -0.1) is 0 Å². The average molecular weight is 233 g/mol. The first kappa shape index (κ1) is 84.2. The third-order valence-corrected chi connectivity index (χ3v) is 0. The van der Waals surface area contributed by atoms with Crippen LogP contribution < -0.4 is 0 Å². The number of rotatable bonds is 0. The van der Waals surface area contributed by atoms with Crippen LogP contribution >= 0.6 is 19.4 Å². The van der Waals surface area contributed by atoms with Crippen LogP contribution in [-0.4, -0.2) is 0 Å². The van der Waals surface area contributed by atoms with Gasteiger partial charge in [0.05, 0.1) is 0 Å². The van der Waals surface area contributed by atoms with Crippen molar-refractivity contribution in [1.82, 2.24) is 0 Å². The van der Waals surface area contributed by atoms with Crippen LogP contribution in [0.15, 0.2) is 0 Å². The van der Waals surface area contributed by atoms with Gasteiger partial charge in [-0.2, -0.15) is 0 Å². The molecule has 0 N–H and O–H groups in total. The molecule has 0 spiro atoms. The zero-order chi connectivity index (χ0) is 2.71. The molecule has 0 atom stereocenters.